The summed E-state index contributed by atoms with van der Waals surface area (Å²) in [7, 11) is 0. The maximum absolute atomic E-state index is 12.8. The summed E-state index contributed by atoms with van der Waals surface area (Å²) in [5, 5.41) is 34.4. The predicted molar refractivity (Wildman–Crippen MR) is 117 cm³/mol. The molecule has 0 aromatic carbocycles. The van der Waals surface area contributed by atoms with Gasteiger partial charge in [0, 0.05) is 24.7 Å². The van der Waals surface area contributed by atoms with Crippen LogP contribution in [0.15, 0.2) is 12.5 Å². The predicted octanol–water partition coefficient (Wildman–Crippen LogP) is -2.28. The van der Waals surface area contributed by atoms with E-state index in [0.29, 0.717) is 5.69 Å². The molecule has 1 aromatic rings. The molecule has 4 unspecified atom stereocenters. The van der Waals surface area contributed by atoms with Crippen LogP contribution in [-0.2, 0) is 30.4 Å². The van der Waals surface area contributed by atoms with E-state index in [1.807, 2.05) is 13.8 Å². The smallest absolute Gasteiger partial charge is 0.326 e. The van der Waals surface area contributed by atoms with Crippen molar-refractivity contribution < 1.29 is 39.3 Å². The van der Waals surface area contributed by atoms with Crippen molar-refractivity contribution in [2.75, 3.05) is 6.61 Å². The van der Waals surface area contributed by atoms with Gasteiger partial charge in [0.1, 0.15) is 18.1 Å². The SMILES string of the molecule is CC(C)CC(NC(=O)C(N)Cc1cnc[nH]1)C(=O)NC(CO)C(=O)NC(CCC(=O)O)C(=O)O. The summed E-state index contributed by atoms with van der Waals surface area (Å²) in [5.41, 5.74) is 6.53. The fraction of sp³-hybridized carbons (Fsp3) is 0.600. The van der Waals surface area contributed by atoms with Gasteiger partial charge >= 0.3 is 11.9 Å². The second-order valence-electron chi connectivity index (χ2n) is 8.15. The Morgan fingerprint density at radius 2 is 1.59 bits per heavy atom. The van der Waals surface area contributed by atoms with Crippen LogP contribution in [0.3, 0.4) is 0 Å². The summed E-state index contributed by atoms with van der Waals surface area (Å²) < 4.78 is 0. The summed E-state index contributed by atoms with van der Waals surface area (Å²) in [6.07, 6.45) is 2.40. The highest BCUT2D eigenvalue weighted by Gasteiger charge is 2.30. The number of amides is 3. The lowest BCUT2D eigenvalue weighted by atomic mass is 10.0. The third-order valence-electron chi connectivity index (χ3n) is 4.75. The van der Waals surface area contributed by atoms with Crippen LogP contribution < -0.4 is 21.7 Å². The number of rotatable bonds is 15. The first-order valence-electron chi connectivity index (χ1n) is 10.6. The van der Waals surface area contributed by atoms with Crippen molar-refractivity contribution in [3.8, 4) is 0 Å². The Bertz CT molecular complexity index is 844. The van der Waals surface area contributed by atoms with Crippen molar-refractivity contribution in [3.05, 3.63) is 18.2 Å². The summed E-state index contributed by atoms with van der Waals surface area (Å²) in [5.74, 6) is -5.14. The minimum atomic E-state index is -1.53. The van der Waals surface area contributed by atoms with E-state index in [9.17, 15) is 34.2 Å². The number of carbonyl (C=O) groups is 5. The number of aromatic amines is 1. The number of nitrogens with two attached hydrogens (primary N) is 1. The molecule has 14 heteroatoms. The highest BCUT2D eigenvalue weighted by Crippen LogP contribution is 2.07. The molecule has 4 atom stereocenters. The van der Waals surface area contributed by atoms with E-state index in [2.05, 4.69) is 25.9 Å². The molecule has 0 saturated carbocycles. The van der Waals surface area contributed by atoms with E-state index in [4.69, 9.17) is 10.8 Å². The van der Waals surface area contributed by atoms with E-state index in [1.54, 1.807) is 0 Å². The monoisotopic (exact) mass is 484 g/mol. The third kappa shape index (κ3) is 9.95. The molecule has 1 heterocycles. The van der Waals surface area contributed by atoms with Crippen LogP contribution >= 0.6 is 0 Å². The number of carbonyl (C=O) groups excluding carboxylic acids is 3. The number of imidazole rings is 1. The van der Waals surface area contributed by atoms with Crippen molar-refractivity contribution in [3.63, 3.8) is 0 Å². The first-order valence-corrected chi connectivity index (χ1v) is 10.6. The number of carboxylic acids is 2. The Kier molecular flexibility index (Phi) is 11.7. The molecule has 9 N–H and O–H groups in total. The van der Waals surface area contributed by atoms with Crippen molar-refractivity contribution in [2.45, 2.75) is 63.7 Å². The maximum atomic E-state index is 12.8. The molecular weight excluding hydrogens is 452 g/mol. The largest absolute Gasteiger partial charge is 0.481 e. The number of H-pyrrole nitrogens is 1. The lowest BCUT2D eigenvalue weighted by molar-refractivity contribution is -0.143. The molecule has 0 spiro atoms. The van der Waals surface area contributed by atoms with Gasteiger partial charge in [-0.2, -0.15) is 0 Å². The summed E-state index contributed by atoms with van der Waals surface area (Å²) in [6, 6.07) is -5.11. The minimum absolute atomic E-state index is 0.0336. The molecule has 0 bridgehead atoms. The zero-order valence-corrected chi connectivity index (χ0v) is 19.0. The number of nitrogens with zero attached hydrogens (tertiary/aromatic N) is 1. The molecule has 14 nitrogen and oxygen atoms in total. The van der Waals surface area contributed by atoms with E-state index in [-0.39, 0.29) is 25.2 Å². The summed E-state index contributed by atoms with van der Waals surface area (Å²) >= 11 is 0. The normalized spacial score (nSPS) is 14.5. The number of aliphatic hydroxyl groups excluding tert-OH is 1. The second-order valence-corrected chi connectivity index (χ2v) is 8.15. The Labute approximate surface area is 195 Å². The van der Waals surface area contributed by atoms with E-state index < -0.39 is 66.9 Å². The minimum Gasteiger partial charge on any atom is -0.481 e. The van der Waals surface area contributed by atoms with E-state index in [1.165, 1.54) is 12.5 Å². The molecule has 0 aliphatic carbocycles. The van der Waals surface area contributed by atoms with E-state index in [0.717, 1.165) is 0 Å². The number of hydrogen-bond donors (Lipinski definition) is 8. The average molecular weight is 485 g/mol. The third-order valence-corrected chi connectivity index (χ3v) is 4.75. The van der Waals surface area contributed by atoms with Gasteiger partial charge in [0.25, 0.3) is 0 Å². The summed E-state index contributed by atoms with van der Waals surface area (Å²) in [6.45, 7) is 2.77. The van der Waals surface area contributed by atoms with Gasteiger partial charge in [0.05, 0.1) is 19.0 Å². The Morgan fingerprint density at radius 3 is 2.09 bits per heavy atom. The molecule has 3 amide bonds. The van der Waals surface area contributed by atoms with Crippen LogP contribution in [0.2, 0.25) is 0 Å². The van der Waals surface area contributed by atoms with Gasteiger partial charge in [0.2, 0.25) is 17.7 Å². The fourth-order valence-electron chi connectivity index (χ4n) is 2.97. The highest BCUT2D eigenvalue weighted by atomic mass is 16.4. The van der Waals surface area contributed by atoms with Crippen molar-refractivity contribution in [2.24, 2.45) is 11.7 Å². The van der Waals surface area contributed by atoms with Gasteiger partial charge < -0.3 is 42.0 Å². The van der Waals surface area contributed by atoms with Gasteiger partial charge in [-0.1, -0.05) is 13.8 Å². The lowest BCUT2D eigenvalue weighted by Crippen LogP contribution is -2.58. The van der Waals surface area contributed by atoms with Crippen LogP contribution in [-0.4, -0.2) is 85.7 Å². The molecule has 1 aromatic heterocycles. The number of aliphatic hydroxyl groups is 1. The molecule has 1 rings (SSSR count). The molecule has 190 valence electrons. The topological polar surface area (TPSA) is 237 Å². The molecule has 0 fully saturated rings. The van der Waals surface area contributed by atoms with Crippen LogP contribution in [0.25, 0.3) is 0 Å². The number of nitrogens with one attached hydrogen (secondary N) is 4. The average Bonchev–Trinajstić information content (AvgIpc) is 3.26. The molecule has 0 radical (unpaired) electrons. The standard InChI is InChI=1S/C20H32N6O8/c1-10(2)5-14(25-17(30)12(21)6-11-7-22-9-23-11)18(31)26-15(8-27)19(32)24-13(20(33)34)3-4-16(28)29/h7,9-10,12-15,27H,3-6,8,21H2,1-2H3,(H,22,23)(H,24,32)(H,25,30)(H,26,31)(H,28,29)(H,33,34). The Hall–Kier alpha value is -3.52. The van der Waals surface area contributed by atoms with Crippen molar-refractivity contribution in [1.29, 1.82) is 0 Å². The van der Waals surface area contributed by atoms with Crippen LogP contribution in [0.4, 0.5) is 0 Å². The molecule has 0 saturated heterocycles. The Balaban J connectivity index is 2.81. The van der Waals surface area contributed by atoms with Crippen LogP contribution in [0, 0.1) is 5.92 Å². The van der Waals surface area contributed by atoms with Crippen LogP contribution in [0.1, 0.15) is 38.8 Å². The van der Waals surface area contributed by atoms with E-state index >= 15 is 0 Å². The number of aliphatic carboxylic acids is 2. The van der Waals surface area contributed by atoms with Crippen molar-refractivity contribution >= 4 is 29.7 Å². The molecule has 34 heavy (non-hydrogen) atoms. The summed E-state index contributed by atoms with van der Waals surface area (Å²) in [4.78, 5) is 66.3. The van der Waals surface area contributed by atoms with Crippen LogP contribution in [0.5, 0.6) is 0 Å². The van der Waals surface area contributed by atoms with Gasteiger partial charge in [0.15, 0.2) is 0 Å². The molecule has 0 aliphatic rings. The lowest BCUT2D eigenvalue weighted by Gasteiger charge is -2.25. The quantitative estimate of drug-likeness (QED) is 0.133. The molecular formula is C20H32N6O8. The maximum Gasteiger partial charge on any atom is 0.326 e. The zero-order valence-electron chi connectivity index (χ0n) is 19.0. The Morgan fingerprint density at radius 1 is 1.00 bits per heavy atom. The van der Waals surface area contributed by atoms with Gasteiger partial charge in [-0.15, -0.1) is 0 Å². The second kappa shape index (κ2) is 13.9. The van der Waals surface area contributed by atoms with Gasteiger partial charge in [-0.25, -0.2) is 9.78 Å². The van der Waals surface area contributed by atoms with Gasteiger partial charge in [-0.05, 0) is 18.8 Å². The van der Waals surface area contributed by atoms with Crippen molar-refractivity contribution in [1.82, 2.24) is 25.9 Å². The molecule has 0 aliphatic heterocycles. The fourth-order valence-corrected chi connectivity index (χ4v) is 2.97. The number of aromatic nitrogens is 2. The highest BCUT2D eigenvalue weighted by molar-refractivity contribution is 5.94. The van der Waals surface area contributed by atoms with Gasteiger partial charge in [-0.3, -0.25) is 19.2 Å². The first-order chi connectivity index (χ1) is 15.9. The number of carboxylic acid groups (broad SMARTS) is 2. The number of hydrogen-bond acceptors (Lipinski definition) is 8. The zero-order chi connectivity index (χ0) is 25.8. The first kappa shape index (κ1) is 28.5.